The van der Waals surface area contributed by atoms with Crippen molar-refractivity contribution in [1.29, 1.82) is 0 Å². The second-order valence-corrected chi connectivity index (χ2v) is 6.43. The van der Waals surface area contributed by atoms with Gasteiger partial charge in [0.2, 0.25) is 0 Å². The third kappa shape index (κ3) is 4.63. The Morgan fingerprint density at radius 1 is 1.38 bits per heavy atom. The van der Waals surface area contributed by atoms with E-state index >= 15 is 0 Å². The Morgan fingerprint density at radius 3 is 2.76 bits per heavy atom. The van der Waals surface area contributed by atoms with Crippen LogP contribution in [0.15, 0.2) is 24.3 Å². The van der Waals surface area contributed by atoms with E-state index in [0.29, 0.717) is 0 Å². The van der Waals surface area contributed by atoms with Crippen LogP contribution in [0.1, 0.15) is 45.2 Å². The fraction of sp³-hybridized carbons (Fsp3) is 0.562. The van der Waals surface area contributed by atoms with E-state index in [4.69, 9.17) is 4.74 Å². The molecule has 1 aliphatic heterocycles. The van der Waals surface area contributed by atoms with Gasteiger partial charge in [0.25, 0.3) is 0 Å². The molecule has 5 nitrogen and oxygen atoms in total. The van der Waals surface area contributed by atoms with Gasteiger partial charge in [-0.1, -0.05) is 18.2 Å². The summed E-state index contributed by atoms with van der Waals surface area (Å²) in [5.74, 6) is 0.285. The standard InChI is InChI=1S/C16H24N2O3/c1-16(2,3)21-15(20)18-11-8-9-17-13(10-11)12-6-4-5-7-14(12)19/h4-7,11,13,17,19H,8-10H2,1-3H3,(H,18,20). The first-order valence-corrected chi connectivity index (χ1v) is 7.36. The number of alkyl carbamates (subject to hydrolysis) is 1. The van der Waals surface area contributed by atoms with Crippen molar-refractivity contribution >= 4 is 6.09 Å². The van der Waals surface area contributed by atoms with Crippen molar-refractivity contribution in [3.8, 4) is 5.75 Å². The van der Waals surface area contributed by atoms with E-state index in [0.717, 1.165) is 24.9 Å². The van der Waals surface area contributed by atoms with Gasteiger partial charge in [-0.25, -0.2) is 4.79 Å². The van der Waals surface area contributed by atoms with Crippen molar-refractivity contribution in [2.24, 2.45) is 0 Å². The molecule has 2 rings (SSSR count). The van der Waals surface area contributed by atoms with E-state index in [9.17, 15) is 9.90 Å². The molecule has 2 unspecified atom stereocenters. The molecule has 0 spiro atoms. The number of hydrogen-bond donors (Lipinski definition) is 3. The summed E-state index contributed by atoms with van der Waals surface area (Å²) in [5, 5.41) is 16.2. The van der Waals surface area contributed by atoms with Crippen LogP contribution in [-0.2, 0) is 4.74 Å². The molecule has 5 heteroatoms. The van der Waals surface area contributed by atoms with Gasteiger partial charge in [0, 0.05) is 17.6 Å². The largest absolute Gasteiger partial charge is 0.508 e. The number of rotatable bonds is 2. The average Bonchev–Trinajstić information content (AvgIpc) is 2.37. The molecule has 2 atom stereocenters. The molecule has 0 aliphatic carbocycles. The van der Waals surface area contributed by atoms with Gasteiger partial charge >= 0.3 is 6.09 Å². The average molecular weight is 292 g/mol. The molecular weight excluding hydrogens is 268 g/mol. The molecule has 116 valence electrons. The minimum atomic E-state index is -0.492. The highest BCUT2D eigenvalue weighted by Gasteiger charge is 2.27. The van der Waals surface area contributed by atoms with Crippen LogP contribution in [0.3, 0.4) is 0 Å². The molecule has 1 aliphatic rings. The zero-order chi connectivity index (χ0) is 15.5. The molecule has 21 heavy (non-hydrogen) atoms. The van der Waals surface area contributed by atoms with E-state index in [2.05, 4.69) is 10.6 Å². The topological polar surface area (TPSA) is 70.6 Å². The molecule has 1 aromatic carbocycles. The molecule has 3 N–H and O–H groups in total. The van der Waals surface area contributed by atoms with Gasteiger partial charge in [-0.05, 0) is 46.2 Å². The number of carbonyl (C=O) groups excluding carboxylic acids is 1. The van der Waals surface area contributed by atoms with Crippen molar-refractivity contribution in [3.05, 3.63) is 29.8 Å². The predicted octanol–water partition coefficient (Wildman–Crippen LogP) is 2.71. The summed E-state index contributed by atoms with van der Waals surface area (Å²) in [4.78, 5) is 11.8. The summed E-state index contributed by atoms with van der Waals surface area (Å²) in [5.41, 5.74) is 0.377. The number of phenols is 1. The number of piperidine rings is 1. The molecule has 1 fully saturated rings. The van der Waals surface area contributed by atoms with Crippen LogP contribution in [0.2, 0.25) is 0 Å². The number of benzene rings is 1. The van der Waals surface area contributed by atoms with Gasteiger partial charge < -0.3 is 20.5 Å². The third-order valence-electron chi connectivity index (χ3n) is 3.44. The summed E-state index contributed by atoms with van der Waals surface area (Å²) in [6.45, 7) is 6.33. The van der Waals surface area contributed by atoms with E-state index in [-0.39, 0.29) is 23.9 Å². The highest BCUT2D eigenvalue weighted by Crippen LogP contribution is 2.29. The predicted molar refractivity (Wildman–Crippen MR) is 81.2 cm³/mol. The van der Waals surface area contributed by atoms with Gasteiger partial charge in [0.05, 0.1) is 0 Å². The summed E-state index contributed by atoms with van der Waals surface area (Å²) in [6, 6.07) is 7.38. The highest BCUT2D eigenvalue weighted by atomic mass is 16.6. The molecule has 0 bridgehead atoms. The van der Waals surface area contributed by atoms with Crippen molar-refractivity contribution in [3.63, 3.8) is 0 Å². The first-order valence-electron chi connectivity index (χ1n) is 7.36. The van der Waals surface area contributed by atoms with Gasteiger partial charge in [0.15, 0.2) is 0 Å². The fourth-order valence-electron chi connectivity index (χ4n) is 2.54. The Morgan fingerprint density at radius 2 is 2.10 bits per heavy atom. The number of amides is 1. The molecule has 0 saturated carbocycles. The SMILES string of the molecule is CC(C)(C)OC(=O)NC1CCNC(c2ccccc2O)C1. The van der Waals surface area contributed by atoms with Crippen molar-refractivity contribution in [1.82, 2.24) is 10.6 Å². The van der Waals surface area contributed by atoms with E-state index < -0.39 is 5.60 Å². The van der Waals surface area contributed by atoms with Crippen LogP contribution < -0.4 is 10.6 Å². The number of carbonyl (C=O) groups is 1. The second-order valence-electron chi connectivity index (χ2n) is 6.43. The first kappa shape index (κ1) is 15.6. The Kier molecular flexibility index (Phi) is 4.73. The third-order valence-corrected chi connectivity index (χ3v) is 3.44. The minimum absolute atomic E-state index is 0.0416. The number of para-hydroxylation sites is 1. The Labute approximate surface area is 125 Å². The lowest BCUT2D eigenvalue weighted by Gasteiger charge is -2.32. The molecule has 0 aromatic heterocycles. The molecule has 1 heterocycles. The maximum atomic E-state index is 11.8. The lowest BCUT2D eigenvalue weighted by atomic mass is 9.93. The summed E-state index contributed by atoms with van der Waals surface area (Å²) in [6.07, 6.45) is 1.20. The van der Waals surface area contributed by atoms with Crippen LogP contribution in [0.25, 0.3) is 0 Å². The highest BCUT2D eigenvalue weighted by molar-refractivity contribution is 5.68. The molecule has 0 radical (unpaired) electrons. The Hall–Kier alpha value is -1.75. The monoisotopic (exact) mass is 292 g/mol. The normalized spacial score (nSPS) is 22.6. The van der Waals surface area contributed by atoms with Crippen molar-refractivity contribution in [2.75, 3.05) is 6.54 Å². The maximum Gasteiger partial charge on any atom is 0.407 e. The van der Waals surface area contributed by atoms with Crippen LogP contribution >= 0.6 is 0 Å². The van der Waals surface area contributed by atoms with Gasteiger partial charge in [-0.15, -0.1) is 0 Å². The maximum absolute atomic E-state index is 11.8. The summed E-state index contributed by atoms with van der Waals surface area (Å²) >= 11 is 0. The fourth-order valence-corrected chi connectivity index (χ4v) is 2.54. The van der Waals surface area contributed by atoms with Crippen molar-refractivity contribution in [2.45, 2.75) is 51.3 Å². The van der Waals surface area contributed by atoms with Crippen LogP contribution in [0.5, 0.6) is 5.75 Å². The molecule has 1 amide bonds. The lowest BCUT2D eigenvalue weighted by molar-refractivity contribution is 0.0490. The molecule has 1 aromatic rings. The number of nitrogens with one attached hydrogen (secondary N) is 2. The van der Waals surface area contributed by atoms with Gasteiger partial charge in [0.1, 0.15) is 11.4 Å². The van der Waals surface area contributed by atoms with E-state index in [1.807, 2.05) is 32.9 Å². The lowest BCUT2D eigenvalue weighted by Crippen LogP contribution is -2.45. The second kappa shape index (κ2) is 6.35. The van der Waals surface area contributed by atoms with Crippen LogP contribution in [0, 0.1) is 0 Å². The molecular formula is C16H24N2O3. The van der Waals surface area contributed by atoms with Crippen molar-refractivity contribution < 1.29 is 14.6 Å². The van der Waals surface area contributed by atoms with Crippen LogP contribution in [-0.4, -0.2) is 29.4 Å². The number of hydrogen-bond acceptors (Lipinski definition) is 4. The number of phenolic OH excluding ortho intramolecular Hbond substituents is 1. The van der Waals surface area contributed by atoms with Crippen LogP contribution in [0.4, 0.5) is 4.79 Å². The molecule has 1 saturated heterocycles. The Balaban J connectivity index is 1.95. The summed E-state index contributed by atoms with van der Waals surface area (Å²) < 4.78 is 5.29. The number of ether oxygens (including phenoxy) is 1. The van der Waals surface area contributed by atoms with Gasteiger partial charge in [-0.2, -0.15) is 0 Å². The minimum Gasteiger partial charge on any atom is -0.508 e. The summed E-state index contributed by atoms with van der Waals surface area (Å²) in [7, 11) is 0. The number of aromatic hydroxyl groups is 1. The smallest absolute Gasteiger partial charge is 0.407 e. The first-order chi connectivity index (χ1) is 9.85. The van der Waals surface area contributed by atoms with Gasteiger partial charge in [-0.3, -0.25) is 0 Å². The van der Waals surface area contributed by atoms with E-state index in [1.165, 1.54) is 0 Å². The quantitative estimate of drug-likeness (QED) is 0.784. The zero-order valence-electron chi connectivity index (χ0n) is 12.8. The van der Waals surface area contributed by atoms with E-state index in [1.54, 1.807) is 12.1 Å². The zero-order valence-corrected chi connectivity index (χ0v) is 12.8. The Bertz CT molecular complexity index is 497.